The van der Waals surface area contributed by atoms with Crippen LogP contribution in [0.2, 0.25) is 6.55 Å². The normalized spacial score (nSPS) is 11.8. The van der Waals surface area contributed by atoms with Crippen LogP contribution >= 0.6 is 0 Å². The Hall–Kier alpha value is -2.15. The fourth-order valence-corrected chi connectivity index (χ4v) is 5.00. The first-order valence-corrected chi connectivity index (χ1v) is 7.81. The summed E-state index contributed by atoms with van der Waals surface area (Å²) in [5, 5.41) is 24.7. The first-order chi connectivity index (χ1) is 8.32. The minimum Gasteiger partial charge on any atom is -0.286 e. The number of rotatable bonds is 3. The summed E-state index contributed by atoms with van der Waals surface area (Å²) in [4.78, 5) is 0. The topological polar surface area (TPSA) is 86.0 Å². The van der Waals surface area contributed by atoms with Gasteiger partial charge in [0.15, 0.2) is 0 Å². The number of aromatic nitrogens is 6. The molecule has 3 heterocycles. The molecule has 0 fully saturated rings. The summed E-state index contributed by atoms with van der Waals surface area (Å²) in [5.74, 6) is 0. The second-order valence-corrected chi connectivity index (χ2v) is 7.90. The third-order valence-electron chi connectivity index (χ3n) is 3.12. The first kappa shape index (κ1) is 10.0. The third-order valence-corrected chi connectivity index (χ3v) is 7.19. The van der Waals surface area contributed by atoms with Crippen LogP contribution in [0.25, 0.3) is 0 Å². The van der Waals surface area contributed by atoms with Crippen LogP contribution in [0.15, 0.2) is 36.8 Å². The van der Waals surface area contributed by atoms with Crippen molar-refractivity contribution in [3.05, 3.63) is 36.8 Å². The van der Waals surface area contributed by atoms with E-state index in [1.807, 2.05) is 18.2 Å². The van der Waals surface area contributed by atoms with Crippen LogP contribution in [-0.4, -0.2) is 38.7 Å². The molecule has 3 aromatic heterocycles. The summed E-state index contributed by atoms with van der Waals surface area (Å²) >= 11 is 0. The Morgan fingerprint density at radius 2 is 1.12 bits per heavy atom. The van der Waals surface area contributed by atoms with Crippen LogP contribution in [0.5, 0.6) is 0 Å². The summed E-state index contributed by atoms with van der Waals surface area (Å²) in [7, 11) is -2.08. The average Bonchev–Trinajstić information content (AvgIpc) is 3.10. The van der Waals surface area contributed by atoms with Crippen LogP contribution in [0.1, 0.15) is 0 Å². The van der Waals surface area contributed by atoms with Crippen molar-refractivity contribution in [2.75, 3.05) is 0 Å². The maximum absolute atomic E-state index is 4.05. The van der Waals surface area contributed by atoms with E-state index in [1.54, 1.807) is 18.6 Å². The lowest BCUT2D eigenvalue weighted by Gasteiger charge is -2.22. The van der Waals surface area contributed by atoms with Gasteiger partial charge in [-0.2, -0.15) is 15.3 Å². The molecule has 86 valence electrons. The summed E-state index contributed by atoms with van der Waals surface area (Å²) in [6.45, 7) is 2.22. The lowest BCUT2D eigenvalue weighted by molar-refractivity contribution is 1.09. The maximum atomic E-state index is 4.05. The molecule has 0 saturated heterocycles. The summed E-state index contributed by atoms with van der Waals surface area (Å²) < 4.78 is 0. The zero-order chi connectivity index (χ0) is 11.7. The Balaban J connectivity index is 2.21. The van der Waals surface area contributed by atoms with Crippen molar-refractivity contribution in [3.8, 4) is 0 Å². The van der Waals surface area contributed by atoms with Crippen molar-refractivity contribution >= 4 is 24.0 Å². The van der Waals surface area contributed by atoms with Crippen LogP contribution in [0.3, 0.4) is 0 Å². The Kier molecular flexibility index (Phi) is 2.18. The number of H-pyrrole nitrogens is 3. The van der Waals surface area contributed by atoms with E-state index < -0.39 is 8.07 Å². The van der Waals surface area contributed by atoms with E-state index in [-0.39, 0.29) is 0 Å². The third kappa shape index (κ3) is 1.43. The fraction of sp³-hybridized carbons (Fsp3) is 0.100. The molecule has 3 rings (SSSR count). The molecule has 3 aromatic rings. The molecule has 7 heteroatoms. The van der Waals surface area contributed by atoms with Crippen LogP contribution in [0, 0.1) is 0 Å². The van der Waals surface area contributed by atoms with Crippen LogP contribution < -0.4 is 16.0 Å². The van der Waals surface area contributed by atoms with Crippen molar-refractivity contribution < 1.29 is 0 Å². The molecule has 0 aliphatic carbocycles. The summed E-state index contributed by atoms with van der Waals surface area (Å²) in [6, 6.07) is 6.02. The number of aromatic amines is 3. The zero-order valence-electron chi connectivity index (χ0n) is 9.31. The summed E-state index contributed by atoms with van der Waals surface area (Å²) in [5.41, 5.74) is 0. The van der Waals surface area contributed by atoms with E-state index in [9.17, 15) is 0 Å². The van der Waals surface area contributed by atoms with Gasteiger partial charge in [0.2, 0.25) is 8.07 Å². The van der Waals surface area contributed by atoms with Crippen molar-refractivity contribution in [3.63, 3.8) is 0 Å². The van der Waals surface area contributed by atoms with E-state index in [1.165, 1.54) is 0 Å². The second-order valence-electron chi connectivity index (χ2n) is 4.04. The number of hydrogen-bond acceptors (Lipinski definition) is 3. The fourth-order valence-electron chi connectivity index (χ4n) is 2.04. The zero-order valence-corrected chi connectivity index (χ0v) is 10.3. The van der Waals surface area contributed by atoms with Gasteiger partial charge >= 0.3 is 0 Å². The van der Waals surface area contributed by atoms with Gasteiger partial charge in [-0.3, -0.25) is 15.3 Å². The molecule has 0 amide bonds. The highest BCUT2D eigenvalue weighted by Crippen LogP contribution is 2.01. The van der Waals surface area contributed by atoms with Crippen LogP contribution in [-0.2, 0) is 0 Å². The minimum atomic E-state index is -2.08. The largest absolute Gasteiger partial charge is 0.286 e. The highest BCUT2D eigenvalue weighted by molar-refractivity contribution is 7.09. The second kappa shape index (κ2) is 3.70. The predicted molar refractivity (Wildman–Crippen MR) is 66.3 cm³/mol. The molecule has 0 aliphatic heterocycles. The molecule has 0 atom stereocenters. The highest BCUT2D eigenvalue weighted by Gasteiger charge is 2.38. The molecule has 3 N–H and O–H groups in total. The monoisotopic (exact) mass is 244 g/mol. The number of nitrogens with one attached hydrogen (secondary N) is 3. The highest BCUT2D eigenvalue weighted by atomic mass is 28.3. The molecule has 0 radical (unpaired) electrons. The van der Waals surface area contributed by atoms with Crippen molar-refractivity contribution in [1.29, 1.82) is 0 Å². The molecule has 6 nitrogen and oxygen atoms in total. The standard InChI is InChI=1S/C10H12N6Si/c1-17(8-2-5-11-14-8,9-3-6-12-15-9)10-4-7-13-16-10/h2-7H,1H3,(H,11,14)(H,12,15)(H,13,16). The van der Waals surface area contributed by atoms with Gasteiger partial charge in [0, 0.05) is 34.5 Å². The molecule has 0 bridgehead atoms. The van der Waals surface area contributed by atoms with Gasteiger partial charge in [-0.05, 0) is 18.2 Å². The molecule has 0 aliphatic rings. The van der Waals surface area contributed by atoms with Crippen molar-refractivity contribution in [2.24, 2.45) is 0 Å². The van der Waals surface area contributed by atoms with Gasteiger partial charge in [-0.15, -0.1) is 0 Å². The quantitative estimate of drug-likeness (QED) is 0.514. The lowest BCUT2D eigenvalue weighted by atomic mass is 10.7. The van der Waals surface area contributed by atoms with Gasteiger partial charge in [-0.25, -0.2) is 0 Å². The van der Waals surface area contributed by atoms with Crippen LogP contribution in [0.4, 0.5) is 0 Å². The first-order valence-electron chi connectivity index (χ1n) is 5.31. The summed E-state index contributed by atoms with van der Waals surface area (Å²) in [6.07, 6.45) is 5.31. The molecule has 0 spiro atoms. The molecule has 0 saturated carbocycles. The van der Waals surface area contributed by atoms with Crippen molar-refractivity contribution in [1.82, 2.24) is 30.6 Å². The lowest BCUT2D eigenvalue weighted by Crippen LogP contribution is -2.66. The molecular weight excluding hydrogens is 232 g/mol. The Labute approximate surface area is 98.5 Å². The molecule has 0 aromatic carbocycles. The van der Waals surface area contributed by atoms with Crippen molar-refractivity contribution in [2.45, 2.75) is 6.55 Å². The Morgan fingerprint density at radius 1 is 0.765 bits per heavy atom. The van der Waals surface area contributed by atoms with E-state index in [2.05, 4.69) is 37.1 Å². The van der Waals surface area contributed by atoms with Gasteiger partial charge in [-0.1, -0.05) is 6.55 Å². The molecular formula is C10H12N6Si. The molecule has 0 unspecified atom stereocenters. The number of nitrogens with zero attached hydrogens (tertiary/aromatic N) is 3. The van der Waals surface area contributed by atoms with Gasteiger partial charge in [0.05, 0.1) is 0 Å². The minimum absolute atomic E-state index is 1.12. The molecule has 17 heavy (non-hydrogen) atoms. The Morgan fingerprint density at radius 3 is 1.35 bits per heavy atom. The average molecular weight is 244 g/mol. The predicted octanol–water partition coefficient (Wildman–Crippen LogP) is -1.04. The van der Waals surface area contributed by atoms with Gasteiger partial charge < -0.3 is 0 Å². The Bertz CT molecular complexity index is 484. The van der Waals surface area contributed by atoms with E-state index in [4.69, 9.17) is 0 Å². The van der Waals surface area contributed by atoms with Gasteiger partial charge in [0.25, 0.3) is 0 Å². The number of hydrogen-bond donors (Lipinski definition) is 3. The maximum Gasteiger partial charge on any atom is 0.210 e. The van der Waals surface area contributed by atoms with Gasteiger partial charge in [0.1, 0.15) is 0 Å². The van der Waals surface area contributed by atoms with E-state index in [0.717, 1.165) is 16.0 Å². The van der Waals surface area contributed by atoms with E-state index in [0.29, 0.717) is 0 Å². The SMILES string of the molecule is C[Si](c1ccn[nH]1)(c1ccn[nH]1)c1ccn[nH]1. The smallest absolute Gasteiger partial charge is 0.210 e. The van der Waals surface area contributed by atoms with E-state index >= 15 is 0 Å².